The first-order chi connectivity index (χ1) is 6.03. The Kier molecular flexibility index (Phi) is 3.70. The lowest BCUT2D eigenvalue weighted by molar-refractivity contribution is 0.361. The molecule has 4 nitrogen and oxygen atoms in total. The molecule has 1 rings (SSSR count). The molecule has 0 bridgehead atoms. The molecule has 5 heteroatoms. The number of sulfonamides is 1. The second-order valence-corrected chi connectivity index (χ2v) is 5.64. The van der Waals surface area contributed by atoms with Crippen LogP contribution in [0.3, 0.4) is 0 Å². The van der Waals surface area contributed by atoms with Crippen molar-refractivity contribution >= 4 is 10.0 Å². The molecule has 0 radical (unpaired) electrons. The third-order valence-corrected chi connectivity index (χ3v) is 3.80. The van der Waals surface area contributed by atoms with Crippen molar-refractivity contribution in [2.75, 3.05) is 12.3 Å². The van der Waals surface area contributed by atoms with Gasteiger partial charge in [-0.15, -0.1) is 0 Å². The maximum Gasteiger partial charge on any atom is 0.211 e. The van der Waals surface area contributed by atoms with Gasteiger partial charge in [-0.2, -0.15) is 0 Å². The van der Waals surface area contributed by atoms with Crippen molar-refractivity contribution in [2.24, 2.45) is 0 Å². The van der Waals surface area contributed by atoms with Gasteiger partial charge in [-0.1, -0.05) is 0 Å². The van der Waals surface area contributed by atoms with E-state index in [0.29, 0.717) is 6.04 Å². The molecular weight excluding hydrogens is 188 g/mol. The fourth-order valence-electron chi connectivity index (χ4n) is 1.58. The van der Waals surface area contributed by atoms with Crippen molar-refractivity contribution in [1.82, 2.24) is 10.0 Å². The fraction of sp³-hybridized carbons (Fsp3) is 1.00. The molecule has 0 aromatic heterocycles. The van der Waals surface area contributed by atoms with Crippen LogP contribution in [0.15, 0.2) is 0 Å². The molecule has 0 amide bonds. The van der Waals surface area contributed by atoms with Crippen LogP contribution in [-0.4, -0.2) is 32.8 Å². The molecule has 1 fully saturated rings. The number of piperidine rings is 1. The van der Waals surface area contributed by atoms with Crippen LogP contribution in [0, 0.1) is 0 Å². The lowest BCUT2D eigenvalue weighted by Crippen LogP contribution is -2.46. The van der Waals surface area contributed by atoms with E-state index >= 15 is 0 Å². The van der Waals surface area contributed by atoms with E-state index in [-0.39, 0.29) is 11.8 Å². The van der Waals surface area contributed by atoms with E-state index < -0.39 is 10.0 Å². The van der Waals surface area contributed by atoms with Crippen molar-refractivity contribution in [2.45, 2.75) is 38.8 Å². The van der Waals surface area contributed by atoms with Gasteiger partial charge in [0.2, 0.25) is 10.0 Å². The molecule has 0 spiro atoms. The lowest BCUT2D eigenvalue weighted by atomic mass is 10.0. The number of rotatable bonds is 3. The molecule has 1 saturated heterocycles. The summed E-state index contributed by atoms with van der Waals surface area (Å²) >= 11 is 0. The van der Waals surface area contributed by atoms with E-state index in [4.69, 9.17) is 0 Å². The van der Waals surface area contributed by atoms with E-state index in [9.17, 15) is 8.42 Å². The van der Waals surface area contributed by atoms with Gasteiger partial charge in [-0.25, -0.2) is 13.1 Å². The van der Waals surface area contributed by atoms with E-state index in [2.05, 4.69) is 17.0 Å². The molecule has 2 unspecified atom stereocenters. The fourth-order valence-corrected chi connectivity index (χ4v) is 2.46. The lowest BCUT2D eigenvalue weighted by Gasteiger charge is -2.28. The predicted molar refractivity (Wildman–Crippen MR) is 53.1 cm³/mol. The van der Waals surface area contributed by atoms with E-state index in [1.165, 1.54) is 0 Å². The maximum atomic E-state index is 11.2. The minimum Gasteiger partial charge on any atom is -0.314 e. The Bertz CT molecular complexity index is 251. The van der Waals surface area contributed by atoms with Crippen molar-refractivity contribution in [1.29, 1.82) is 0 Å². The zero-order chi connectivity index (χ0) is 9.90. The molecular formula is C8H18N2O2S. The van der Waals surface area contributed by atoms with Crippen LogP contribution in [0.5, 0.6) is 0 Å². The van der Waals surface area contributed by atoms with Crippen LogP contribution in [0.25, 0.3) is 0 Å². The Balaban J connectivity index is 2.45. The zero-order valence-electron chi connectivity index (χ0n) is 8.21. The highest BCUT2D eigenvalue weighted by atomic mass is 32.2. The average Bonchev–Trinajstić information content (AvgIpc) is 2.03. The minimum atomic E-state index is -3.02. The molecule has 1 aliphatic heterocycles. The molecule has 1 aliphatic rings. The average molecular weight is 206 g/mol. The third-order valence-electron chi connectivity index (χ3n) is 2.35. The van der Waals surface area contributed by atoms with Crippen molar-refractivity contribution in [3.8, 4) is 0 Å². The van der Waals surface area contributed by atoms with Crippen LogP contribution in [0.2, 0.25) is 0 Å². The summed E-state index contributed by atoms with van der Waals surface area (Å²) in [7, 11) is -3.02. The molecule has 0 aromatic carbocycles. The largest absolute Gasteiger partial charge is 0.314 e. The number of hydrogen-bond donors (Lipinski definition) is 2. The quantitative estimate of drug-likeness (QED) is 0.687. The van der Waals surface area contributed by atoms with Crippen molar-refractivity contribution in [3.63, 3.8) is 0 Å². The van der Waals surface area contributed by atoms with Crippen molar-refractivity contribution in [3.05, 3.63) is 0 Å². The van der Waals surface area contributed by atoms with E-state index in [0.717, 1.165) is 19.4 Å². The maximum absolute atomic E-state index is 11.2. The second kappa shape index (κ2) is 4.39. The first-order valence-corrected chi connectivity index (χ1v) is 6.42. The summed E-state index contributed by atoms with van der Waals surface area (Å²) in [5.74, 6) is 0.172. The Hall–Kier alpha value is -0.130. The standard InChI is InChI=1S/C8H18N2O2S/c1-3-13(11,12)10-8-4-5-9-7(2)6-8/h7-10H,3-6H2,1-2H3. The first-order valence-electron chi connectivity index (χ1n) is 4.77. The smallest absolute Gasteiger partial charge is 0.211 e. The van der Waals surface area contributed by atoms with Gasteiger partial charge in [-0.05, 0) is 33.2 Å². The summed E-state index contributed by atoms with van der Waals surface area (Å²) < 4.78 is 25.2. The summed E-state index contributed by atoms with van der Waals surface area (Å²) in [5, 5.41) is 3.28. The molecule has 2 N–H and O–H groups in total. The van der Waals surface area contributed by atoms with Gasteiger partial charge in [-0.3, -0.25) is 0 Å². The van der Waals surface area contributed by atoms with Crippen LogP contribution in [0.1, 0.15) is 26.7 Å². The van der Waals surface area contributed by atoms with Gasteiger partial charge in [0.1, 0.15) is 0 Å². The highest BCUT2D eigenvalue weighted by molar-refractivity contribution is 7.89. The topological polar surface area (TPSA) is 58.2 Å². The minimum absolute atomic E-state index is 0.126. The van der Waals surface area contributed by atoms with Crippen LogP contribution >= 0.6 is 0 Å². The summed E-state index contributed by atoms with van der Waals surface area (Å²) in [5.41, 5.74) is 0. The van der Waals surface area contributed by atoms with Crippen LogP contribution < -0.4 is 10.0 Å². The van der Waals surface area contributed by atoms with Gasteiger partial charge in [0, 0.05) is 12.1 Å². The summed E-state index contributed by atoms with van der Waals surface area (Å²) in [6.07, 6.45) is 1.78. The summed E-state index contributed by atoms with van der Waals surface area (Å²) in [6, 6.07) is 0.541. The van der Waals surface area contributed by atoms with Gasteiger partial charge in [0.05, 0.1) is 5.75 Å². The Labute approximate surface area is 80.1 Å². The van der Waals surface area contributed by atoms with Crippen molar-refractivity contribution < 1.29 is 8.42 Å². The van der Waals surface area contributed by atoms with Gasteiger partial charge >= 0.3 is 0 Å². The summed E-state index contributed by atoms with van der Waals surface area (Å²) in [4.78, 5) is 0. The molecule has 0 aromatic rings. The highest BCUT2D eigenvalue weighted by Crippen LogP contribution is 2.09. The van der Waals surface area contributed by atoms with E-state index in [1.54, 1.807) is 6.92 Å². The predicted octanol–water partition coefficient (Wildman–Crippen LogP) is 0.0662. The molecule has 13 heavy (non-hydrogen) atoms. The Morgan fingerprint density at radius 2 is 2.23 bits per heavy atom. The first kappa shape index (κ1) is 10.9. The second-order valence-electron chi connectivity index (χ2n) is 3.60. The normalized spacial score (nSPS) is 30.3. The third kappa shape index (κ3) is 3.62. The van der Waals surface area contributed by atoms with E-state index in [1.807, 2.05) is 0 Å². The SMILES string of the molecule is CCS(=O)(=O)NC1CCNC(C)C1. The molecule has 0 saturated carbocycles. The Morgan fingerprint density at radius 1 is 1.54 bits per heavy atom. The van der Waals surface area contributed by atoms with Gasteiger partial charge < -0.3 is 5.32 Å². The van der Waals surface area contributed by atoms with Crippen LogP contribution in [0.4, 0.5) is 0 Å². The van der Waals surface area contributed by atoms with Crippen LogP contribution in [-0.2, 0) is 10.0 Å². The summed E-state index contributed by atoms with van der Waals surface area (Å²) in [6.45, 7) is 4.64. The monoisotopic (exact) mass is 206 g/mol. The molecule has 2 atom stereocenters. The van der Waals surface area contributed by atoms with Gasteiger partial charge in [0.15, 0.2) is 0 Å². The molecule has 1 heterocycles. The zero-order valence-corrected chi connectivity index (χ0v) is 9.02. The number of nitrogens with one attached hydrogen (secondary N) is 2. The number of hydrogen-bond acceptors (Lipinski definition) is 3. The highest BCUT2D eigenvalue weighted by Gasteiger charge is 2.21. The molecule has 0 aliphatic carbocycles. The Morgan fingerprint density at radius 3 is 2.77 bits per heavy atom. The van der Waals surface area contributed by atoms with Gasteiger partial charge in [0.25, 0.3) is 0 Å². The molecule has 78 valence electrons.